The van der Waals surface area contributed by atoms with Crippen molar-refractivity contribution in [2.75, 3.05) is 29.9 Å². The van der Waals surface area contributed by atoms with E-state index in [2.05, 4.69) is 38.7 Å². The number of allylic oxidation sites excluding steroid dienone is 2. The van der Waals surface area contributed by atoms with Crippen LogP contribution in [-0.2, 0) is 16.0 Å². The zero-order chi connectivity index (χ0) is 24.5. The molecule has 4 rings (SSSR count). The van der Waals surface area contributed by atoms with E-state index in [1.165, 1.54) is 0 Å². The van der Waals surface area contributed by atoms with E-state index in [0.29, 0.717) is 17.9 Å². The maximum atomic E-state index is 13.2. The number of aldehydes is 1. The second-order valence-corrected chi connectivity index (χ2v) is 8.98. The van der Waals surface area contributed by atoms with Gasteiger partial charge in [-0.1, -0.05) is 30.4 Å². The van der Waals surface area contributed by atoms with Gasteiger partial charge in [-0.15, -0.1) is 0 Å². The fourth-order valence-electron chi connectivity index (χ4n) is 4.46. The third-order valence-electron chi connectivity index (χ3n) is 6.56. The van der Waals surface area contributed by atoms with Crippen LogP contribution in [0.15, 0.2) is 66.4 Å². The van der Waals surface area contributed by atoms with Gasteiger partial charge < -0.3 is 20.3 Å². The van der Waals surface area contributed by atoms with E-state index in [1.807, 2.05) is 42.5 Å². The lowest BCUT2D eigenvalue weighted by molar-refractivity contribution is -0.117. The predicted octanol–water partition coefficient (Wildman–Crippen LogP) is 3.78. The molecule has 2 N–H and O–H groups in total. The van der Waals surface area contributed by atoms with Gasteiger partial charge in [0.2, 0.25) is 5.91 Å². The minimum absolute atomic E-state index is 0.144. The SMILES string of the molecule is N#Cc1ccc(CCNC(C(=O)Nc2ccc(N3CCC(C=O)CC3)cn2)C2=CCCC=C2)cc1. The lowest BCUT2D eigenvalue weighted by atomic mass is 9.98. The summed E-state index contributed by atoms with van der Waals surface area (Å²) in [5.74, 6) is 0.526. The Bertz CT molecular complexity index is 1110. The van der Waals surface area contributed by atoms with E-state index >= 15 is 0 Å². The first-order valence-electron chi connectivity index (χ1n) is 12.2. The van der Waals surface area contributed by atoms with Crippen LogP contribution >= 0.6 is 0 Å². The van der Waals surface area contributed by atoms with Crippen molar-refractivity contribution in [3.05, 3.63) is 77.5 Å². The molecular formula is C28H31N5O2. The molecule has 0 spiro atoms. The third kappa shape index (κ3) is 6.65. The molecule has 0 radical (unpaired) electrons. The molecule has 0 saturated carbocycles. The minimum atomic E-state index is -0.478. The smallest absolute Gasteiger partial charge is 0.247 e. The molecule has 1 fully saturated rings. The highest BCUT2D eigenvalue weighted by molar-refractivity contribution is 5.96. The van der Waals surface area contributed by atoms with Gasteiger partial charge in [-0.2, -0.15) is 5.26 Å². The summed E-state index contributed by atoms with van der Waals surface area (Å²) in [7, 11) is 0. The van der Waals surface area contributed by atoms with Gasteiger partial charge in [0, 0.05) is 25.6 Å². The number of anilines is 2. The van der Waals surface area contributed by atoms with Crippen LogP contribution in [0, 0.1) is 17.2 Å². The highest BCUT2D eigenvalue weighted by Gasteiger charge is 2.23. The number of amides is 1. The molecule has 2 heterocycles. The highest BCUT2D eigenvalue weighted by atomic mass is 16.2. The molecule has 35 heavy (non-hydrogen) atoms. The first-order valence-corrected chi connectivity index (χ1v) is 12.2. The normalized spacial score (nSPS) is 16.8. The number of piperidine rings is 1. The number of carbonyl (C=O) groups is 2. The lowest BCUT2D eigenvalue weighted by Crippen LogP contribution is -2.43. The Hall–Kier alpha value is -3.76. The number of nitrogens with zero attached hydrogens (tertiary/aromatic N) is 3. The molecule has 1 atom stereocenters. The second-order valence-electron chi connectivity index (χ2n) is 8.98. The number of hydrogen-bond donors (Lipinski definition) is 2. The Balaban J connectivity index is 1.36. The number of nitriles is 1. The summed E-state index contributed by atoms with van der Waals surface area (Å²) in [6, 6.07) is 13.0. The first kappa shape index (κ1) is 24.4. The van der Waals surface area contributed by atoms with Gasteiger partial charge in [0.1, 0.15) is 18.1 Å². The van der Waals surface area contributed by atoms with Crippen LogP contribution < -0.4 is 15.5 Å². The maximum absolute atomic E-state index is 13.2. The van der Waals surface area contributed by atoms with Gasteiger partial charge in [-0.3, -0.25) is 4.79 Å². The van der Waals surface area contributed by atoms with Crippen molar-refractivity contribution in [3.63, 3.8) is 0 Å². The molecular weight excluding hydrogens is 438 g/mol. The van der Waals surface area contributed by atoms with Crippen LogP contribution in [0.25, 0.3) is 0 Å². The third-order valence-corrected chi connectivity index (χ3v) is 6.56. The van der Waals surface area contributed by atoms with Crippen LogP contribution in [0.4, 0.5) is 11.5 Å². The number of nitrogens with one attached hydrogen (secondary N) is 2. The lowest BCUT2D eigenvalue weighted by Gasteiger charge is -2.31. The molecule has 7 heteroatoms. The van der Waals surface area contributed by atoms with Gasteiger partial charge >= 0.3 is 0 Å². The fraction of sp³-hybridized carbons (Fsp3) is 0.357. The van der Waals surface area contributed by atoms with Crippen molar-refractivity contribution in [1.29, 1.82) is 5.26 Å². The Labute approximate surface area is 206 Å². The molecule has 1 amide bonds. The maximum Gasteiger partial charge on any atom is 0.247 e. The van der Waals surface area contributed by atoms with Crippen LogP contribution in [-0.4, -0.2) is 42.9 Å². The van der Waals surface area contributed by atoms with E-state index in [9.17, 15) is 9.59 Å². The average Bonchev–Trinajstić information content (AvgIpc) is 2.92. The molecule has 7 nitrogen and oxygen atoms in total. The fourth-order valence-corrected chi connectivity index (χ4v) is 4.46. The molecule has 2 aliphatic rings. The minimum Gasteiger partial charge on any atom is -0.370 e. The van der Waals surface area contributed by atoms with Gasteiger partial charge in [0.05, 0.1) is 23.5 Å². The number of carbonyl (C=O) groups excluding carboxylic acids is 2. The Morgan fingerprint density at radius 2 is 1.97 bits per heavy atom. The van der Waals surface area contributed by atoms with Gasteiger partial charge in [-0.25, -0.2) is 4.98 Å². The Morgan fingerprint density at radius 3 is 2.60 bits per heavy atom. The van der Waals surface area contributed by atoms with Crippen LogP contribution in [0.2, 0.25) is 0 Å². The first-order chi connectivity index (χ1) is 17.2. The van der Waals surface area contributed by atoms with E-state index in [-0.39, 0.29) is 11.8 Å². The molecule has 180 valence electrons. The standard InChI is InChI=1S/C28H31N5O2/c29-18-22-8-6-21(7-9-22)12-15-30-27(24-4-2-1-3-5-24)28(35)32-26-11-10-25(19-31-26)33-16-13-23(20-34)14-17-33/h2,4-11,19-20,23,27,30H,1,3,12-17H2,(H,31,32,35). The Morgan fingerprint density at radius 1 is 1.17 bits per heavy atom. The van der Waals surface area contributed by atoms with Crippen molar-refractivity contribution in [2.24, 2.45) is 5.92 Å². The number of rotatable bonds is 9. The zero-order valence-electron chi connectivity index (χ0n) is 19.8. The van der Waals surface area contributed by atoms with Gasteiger partial charge in [0.25, 0.3) is 0 Å². The molecule has 1 aliphatic heterocycles. The number of pyridine rings is 1. The van der Waals surface area contributed by atoms with E-state index in [0.717, 1.165) is 68.3 Å². The second kappa shape index (κ2) is 12.1. The van der Waals surface area contributed by atoms with E-state index in [1.54, 1.807) is 6.20 Å². The van der Waals surface area contributed by atoms with Crippen molar-refractivity contribution < 1.29 is 9.59 Å². The van der Waals surface area contributed by atoms with Crippen molar-refractivity contribution in [2.45, 2.75) is 38.1 Å². The van der Waals surface area contributed by atoms with Crippen LogP contribution in [0.1, 0.15) is 36.8 Å². The molecule has 0 bridgehead atoms. The predicted molar refractivity (Wildman–Crippen MR) is 137 cm³/mol. The van der Waals surface area contributed by atoms with Gasteiger partial charge in [0.15, 0.2) is 0 Å². The molecule has 1 aliphatic carbocycles. The van der Waals surface area contributed by atoms with E-state index < -0.39 is 6.04 Å². The summed E-state index contributed by atoms with van der Waals surface area (Å²) in [5, 5.41) is 15.3. The number of aromatic nitrogens is 1. The topological polar surface area (TPSA) is 98.1 Å². The zero-order valence-corrected chi connectivity index (χ0v) is 19.8. The number of benzene rings is 1. The summed E-state index contributed by atoms with van der Waals surface area (Å²) < 4.78 is 0. The summed E-state index contributed by atoms with van der Waals surface area (Å²) in [6.07, 6.45) is 13.4. The summed E-state index contributed by atoms with van der Waals surface area (Å²) >= 11 is 0. The monoisotopic (exact) mass is 469 g/mol. The molecule has 1 aromatic carbocycles. The molecule has 2 aromatic rings. The van der Waals surface area contributed by atoms with Crippen LogP contribution in [0.3, 0.4) is 0 Å². The largest absolute Gasteiger partial charge is 0.370 e. The molecule has 1 saturated heterocycles. The van der Waals surface area contributed by atoms with Crippen LogP contribution in [0.5, 0.6) is 0 Å². The summed E-state index contributed by atoms with van der Waals surface area (Å²) in [4.78, 5) is 30.9. The molecule has 1 unspecified atom stereocenters. The summed E-state index contributed by atoms with van der Waals surface area (Å²) in [6.45, 7) is 2.29. The average molecular weight is 470 g/mol. The quantitative estimate of drug-likeness (QED) is 0.543. The van der Waals surface area contributed by atoms with Crippen molar-refractivity contribution in [1.82, 2.24) is 10.3 Å². The van der Waals surface area contributed by atoms with Crippen molar-refractivity contribution in [3.8, 4) is 6.07 Å². The highest BCUT2D eigenvalue weighted by Crippen LogP contribution is 2.23. The van der Waals surface area contributed by atoms with Gasteiger partial charge in [-0.05, 0) is 67.5 Å². The van der Waals surface area contributed by atoms with Crippen molar-refractivity contribution >= 4 is 23.7 Å². The summed E-state index contributed by atoms with van der Waals surface area (Å²) in [5.41, 5.74) is 3.71. The Kier molecular flexibility index (Phi) is 8.42. The molecule has 1 aromatic heterocycles. The number of hydrogen-bond acceptors (Lipinski definition) is 6. The van der Waals surface area contributed by atoms with E-state index in [4.69, 9.17) is 5.26 Å².